The van der Waals surface area contributed by atoms with E-state index in [0.29, 0.717) is 11.6 Å². The van der Waals surface area contributed by atoms with E-state index in [1.807, 2.05) is 12.1 Å². The van der Waals surface area contributed by atoms with Gasteiger partial charge in [-0.1, -0.05) is 18.6 Å². The third kappa shape index (κ3) is 1.86. The van der Waals surface area contributed by atoms with Crippen molar-refractivity contribution < 1.29 is 4.39 Å². The number of nitrogens with zero attached hydrogens (tertiary/aromatic N) is 1. The highest BCUT2D eigenvalue weighted by Gasteiger charge is 2.24. The zero-order chi connectivity index (χ0) is 12.5. The van der Waals surface area contributed by atoms with Crippen LogP contribution in [-0.4, -0.2) is 4.98 Å². The fraction of sp³-hybridized carbons (Fsp3) is 0.267. The van der Waals surface area contributed by atoms with E-state index < -0.39 is 0 Å². The third-order valence-corrected chi connectivity index (χ3v) is 3.65. The molecule has 3 rings (SSSR count). The van der Waals surface area contributed by atoms with Crippen molar-refractivity contribution in [3.63, 3.8) is 0 Å². The number of nitrogen functional groups attached to an aromatic ring is 1. The molecule has 0 unspecified atom stereocenters. The summed E-state index contributed by atoms with van der Waals surface area (Å²) in [4.78, 5) is 4.39. The minimum Gasteiger partial charge on any atom is -0.397 e. The Morgan fingerprint density at radius 1 is 1.22 bits per heavy atom. The first-order chi connectivity index (χ1) is 8.75. The quantitative estimate of drug-likeness (QED) is 0.871. The highest BCUT2D eigenvalue weighted by Crippen LogP contribution is 2.40. The van der Waals surface area contributed by atoms with Crippen molar-refractivity contribution in [3.8, 4) is 11.1 Å². The lowest BCUT2D eigenvalue weighted by molar-refractivity contribution is 0.412. The van der Waals surface area contributed by atoms with Crippen LogP contribution in [0.2, 0.25) is 0 Å². The molecule has 0 amide bonds. The molecule has 18 heavy (non-hydrogen) atoms. The molecule has 1 fully saturated rings. The SMILES string of the molecule is Nc1c(-c2cccc(F)c2)ccnc1C1CCC1. The van der Waals surface area contributed by atoms with Gasteiger partial charge in [0.2, 0.25) is 0 Å². The van der Waals surface area contributed by atoms with Gasteiger partial charge in [0.1, 0.15) is 5.82 Å². The second-order valence-electron chi connectivity index (χ2n) is 4.80. The maximum atomic E-state index is 13.3. The lowest BCUT2D eigenvalue weighted by Gasteiger charge is -2.26. The molecule has 1 aliphatic carbocycles. The van der Waals surface area contributed by atoms with E-state index in [9.17, 15) is 4.39 Å². The maximum absolute atomic E-state index is 13.3. The van der Waals surface area contributed by atoms with Crippen LogP contribution in [0.5, 0.6) is 0 Å². The van der Waals surface area contributed by atoms with Gasteiger partial charge >= 0.3 is 0 Å². The molecule has 92 valence electrons. The van der Waals surface area contributed by atoms with Crippen molar-refractivity contribution in [2.45, 2.75) is 25.2 Å². The molecule has 1 aromatic carbocycles. The molecule has 1 aromatic heterocycles. The van der Waals surface area contributed by atoms with Gasteiger partial charge in [0.05, 0.1) is 11.4 Å². The lowest BCUT2D eigenvalue weighted by Crippen LogP contribution is -2.13. The van der Waals surface area contributed by atoms with Gasteiger partial charge in [-0.3, -0.25) is 4.98 Å². The molecule has 0 bridgehead atoms. The van der Waals surface area contributed by atoms with Gasteiger partial charge in [0.25, 0.3) is 0 Å². The minimum absolute atomic E-state index is 0.242. The van der Waals surface area contributed by atoms with Crippen LogP contribution in [-0.2, 0) is 0 Å². The second-order valence-corrected chi connectivity index (χ2v) is 4.80. The Morgan fingerprint density at radius 2 is 2.06 bits per heavy atom. The van der Waals surface area contributed by atoms with E-state index in [1.165, 1.54) is 18.6 Å². The topological polar surface area (TPSA) is 38.9 Å². The molecule has 0 radical (unpaired) electrons. The van der Waals surface area contributed by atoms with Crippen LogP contribution in [0.3, 0.4) is 0 Å². The summed E-state index contributed by atoms with van der Waals surface area (Å²) >= 11 is 0. The number of benzene rings is 1. The number of halogens is 1. The van der Waals surface area contributed by atoms with E-state index in [-0.39, 0.29) is 5.82 Å². The molecule has 3 heteroatoms. The Labute approximate surface area is 106 Å². The van der Waals surface area contributed by atoms with Gasteiger partial charge in [-0.05, 0) is 36.6 Å². The van der Waals surface area contributed by atoms with Gasteiger partial charge < -0.3 is 5.73 Å². The largest absolute Gasteiger partial charge is 0.397 e. The minimum atomic E-state index is -0.242. The Kier molecular flexibility index (Phi) is 2.74. The summed E-state index contributed by atoms with van der Waals surface area (Å²) in [6, 6.07) is 8.38. The highest BCUT2D eigenvalue weighted by molar-refractivity contribution is 5.77. The number of hydrogen-bond donors (Lipinski definition) is 1. The zero-order valence-corrected chi connectivity index (χ0v) is 10.1. The fourth-order valence-electron chi connectivity index (χ4n) is 2.40. The van der Waals surface area contributed by atoms with Crippen molar-refractivity contribution >= 4 is 5.69 Å². The van der Waals surface area contributed by atoms with Crippen LogP contribution in [0.25, 0.3) is 11.1 Å². The second kappa shape index (κ2) is 4.41. The first kappa shape index (κ1) is 11.2. The maximum Gasteiger partial charge on any atom is 0.123 e. The number of pyridine rings is 1. The fourth-order valence-corrected chi connectivity index (χ4v) is 2.40. The molecule has 2 nitrogen and oxygen atoms in total. The van der Waals surface area contributed by atoms with Gasteiger partial charge in [-0.25, -0.2) is 4.39 Å². The van der Waals surface area contributed by atoms with Gasteiger partial charge in [0, 0.05) is 17.7 Å². The van der Waals surface area contributed by atoms with Gasteiger partial charge in [0.15, 0.2) is 0 Å². The Hall–Kier alpha value is -1.90. The number of hydrogen-bond acceptors (Lipinski definition) is 2. The van der Waals surface area contributed by atoms with Crippen molar-refractivity contribution in [1.29, 1.82) is 0 Å². The molecule has 1 heterocycles. The van der Waals surface area contributed by atoms with Crippen LogP contribution in [0, 0.1) is 5.82 Å². The van der Waals surface area contributed by atoms with Crippen LogP contribution in [0.1, 0.15) is 30.9 Å². The molecule has 0 spiro atoms. The molecule has 2 N–H and O–H groups in total. The van der Waals surface area contributed by atoms with Crippen LogP contribution in [0.15, 0.2) is 36.5 Å². The normalized spacial score (nSPS) is 15.4. The van der Waals surface area contributed by atoms with Crippen LogP contribution in [0.4, 0.5) is 10.1 Å². The van der Waals surface area contributed by atoms with Crippen LogP contribution < -0.4 is 5.73 Å². The average Bonchev–Trinajstić information content (AvgIpc) is 2.29. The standard InChI is InChI=1S/C15H15FN2/c16-12-6-2-5-11(9-12)13-7-8-18-15(14(13)17)10-3-1-4-10/h2,5-10H,1,3-4,17H2. The van der Waals surface area contributed by atoms with E-state index in [1.54, 1.807) is 12.3 Å². The number of aromatic nitrogens is 1. The molecule has 2 aromatic rings. The molecular weight excluding hydrogens is 227 g/mol. The van der Waals surface area contributed by atoms with E-state index >= 15 is 0 Å². The zero-order valence-electron chi connectivity index (χ0n) is 10.1. The summed E-state index contributed by atoms with van der Waals surface area (Å²) in [6.07, 6.45) is 5.33. The van der Waals surface area contributed by atoms with Crippen molar-refractivity contribution in [2.24, 2.45) is 0 Å². The lowest BCUT2D eigenvalue weighted by atomic mass is 9.81. The highest BCUT2D eigenvalue weighted by atomic mass is 19.1. The Bertz CT molecular complexity index is 576. The monoisotopic (exact) mass is 242 g/mol. The molecule has 1 aliphatic rings. The Balaban J connectivity index is 2.06. The van der Waals surface area contributed by atoms with E-state index in [4.69, 9.17) is 5.73 Å². The van der Waals surface area contributed by atoms with Crippen molar-refractivity contribution in [3.05, 3.63) is 48.0 Å². The third-order valence-electron chi connectivity index (χ3n) is 3.65. The predicted molar refractivity (Wildman–Crippen MR) is 70.6 cm³/mol. The van der Waals surface area contributed by atoms with Gasteiger partial charge in [-0.15, -0.1) is 0 Å². The molecule has 1 saturated carbocycles. The number of nitrogens with two attached hydrogens (primary N) is 1. The molecule has 0 atom stereocenters. The molecule has 0 aliphatic heterocycles. The van der Waals surface area contributed by atoms with Crippen LogP contribution >= 0.6 is 0 Å². The smallest absolute Gasteiger partial charge is 0.123 e. The summed E-state index contributed by atoms with van der Waals surface area (Å²) in [6.45, 7) is 0. The van der Waals surface area contributed by atoms with Gasteiger partial charge in [-0.2, -0.15) is 0 Å². The molecule has 0 saturated heterocycles. The first-order valence-corrected chi connectivity index (χ1v) is 6.26. The van der Waals surface area contributed by atoms with Crippen molar-refractivity contribution in [2.75, 3.05) is 5.73 Å². The molecular formula is C15H15FN2. The average molecular weight is 242 g/mol. The van der Waals surface area contributed by atoms with Crippen molar-refractivity contribution in [1.82, 2.24) is 4.98 Å². The number of anilines is 1. The first-order valence-electron chi connectivity index (χ1n) is 6.26. The summed E-state index contributed by atoms with van der Waals surface area (Å²) < 4.78 is 13.3. The predicted octanol–water partition coefficient (Wildman–Crippen LogP) is 3.74. The van der Waals surface area contributed by atoms with E-state index in [0.717, 1.165) is 29.7 Å². The Morgan fingerprint density at radius 3 is 2.72 bits per heavy atom. The summed E-state index contributed by atoms with van der Waals surface area (Å²) in [5.74, 6) is 0.243. The summed E-state index contributed by atoms with van der Waals surface area (Å²) in [5.41, 5.74) is 9.56. The summed E-state index contributed by atoms with van der Waals surface area (Å²) in [7, 11) is 0. The summed E-state index contributed by atoms with van der Waals surface area (Å²) in [5, 5.41) is 0. The number of rotatable bonds is 2. The van der Waals surface area contributed by atoms with E-state index in [2.05, 4.69) is 4.98 Å².